The standard InChI is InChI=1S/C18H20FN3O3/c1-12-4-9-16(22(24)25)18(13(12)2)20-17(23)11-21(3)10-14-5-7-15(19)8-6-14/h4-9H,10-11H2,1-3H3,(H,20,23). The predicted molar refractivity (Wildman–Crippen MR) is 93.9 cm³/mol. The van der Waals surface area contributed by atoms with Gasteiger partial charge in [0, 0.05) is 12.6 Å². The first-order valence-corrected chi connectivity index (χ1v) is 7.75. The van der Waals surface area contributed by atoms with Crippen LogP contribution < -0.4 is 5.32 Å². The molecule has 0 saturated heterocycles. The van der Waals surface area contributed by atoms with Crippen LogP contribution in [0.25, 0.3) is 0 Å². The topological polar surface area (TPSA) is 75.5 Å². The number of nitro benzene ring substituents is 1. The van der Waals surface area contributed by atoms with Crippen LogP contribution in [0, 0.1) is 29.8 Å². The number of carbonyl (C=O) groups is 1. The summed E-state index contributed by atoms with van der Waals surface area (Å²) in [6, 6.07) is 9.08. The fourth-order valence-corrected chi connectivity index (χ4v) is 2.49. The van der Waals surface area contributed by atoms with Crippen molar-refractivity contribution in [2.24, 2.45) is 0 Å². The number of hydrogen-bond acceptors (Lipinski definition) is 4. The third-order valence-corrected chi connectivity index (χ3v) is 3.95. The Kier molecular flexibility index (Phi) is 5.82. The van der Waals surface area contributed by atoms with E-state index in [1.165, 1.54) is 18.2 Å². The lowest BCUT2D eigenvalue weighted by Gasteiger charge is -2.17. The highest BCUT2D eigenvalue weighted by molar-refractivity contribution is 5.95. The van der Waals surface area contributed by atoms with E-state index in [0.717, 1.165) is 11.1 Å². The monoisotopic (exact) mass is 345 g/mol. The average molecular weight is 345 g/mol. The van der Waals surface area contributed by atoms with Crippen molar-refractivity contribution in [2.75, 3.05) is 18.9 Å². The number of likely N-dealkylation sites (N-methyl/N-ethyl adjacent to an activating group) is 1. The lowest BCUT2D eigenvalue weighted by atomic mass is 10.1. The molecule has 7 heteroatoms. The molecule has 0 aliphatic carbocycles. The number of carbonyl (C=O) groups excluding carboxylic acids is 1. The van der Waals surface area contributed by atoms with Crippen molar-refractivity contribution in [3.8, 4) is 0 Å². The van der Waals surface area contributed by atoms with Crippen LogP contribution in [0.2, 0.25) is 0 Å². The molecule has 0 heterocycles. The van der Waals surface area contributed by atoms with E-state index in [1.54, 1.807) is 37.1 Å². The molecule has 6 nitrogen and oxygen atoms in total. The normalized spacial score (nSPS) is 10.8. The van der Waals surface area contributed by atoms with Crippen LogP contribution in [-0.4, -0.2) is 29.3 Å². The number of nitrogens with zero attached hydrogens (tertiary/aromatic N) is 2. The van der Waals surface area contributed by atoms with Gasteiger partial charge in [-0.3, -0.25) is 19.8 Å². The highest BCUT2D eigenvalue weighted by Gasteiger charge is 2.19. The highest BCUT2D eigenvalue weighted by Crippen LogP contribution is 2.30. The van der Waals surface area contributed by atoms with Gasteiger partial charge in [0.25, 0.3) is 5.69 Å². The number of benzene rings is 2. The van der Waals surface area contributed by atoms with E-state index in [1.807, 2.05) is 6.92 Å². The lowest BCUT2D eigenvalue weighted by Crippen LogP contribution is -2.30. The number of amides is 1. The zero-order valence-corrected chi connectivity index (χ0v) is 14.4. The van der Waals surface area contributed by atoms with Crippen LogP contribution in [0.4, 0.5) is 15.8 Å². The molecule has 0 fully saturated rings. The molecule has 2 aromatic rings. The first-order valence-electron chi connectivity index (χ1n) is 7.75. The Labute approximate surface area is 145 Å². The van der Waals surface area contributed by atoms with Crippen molar-refractivity contribution >= 4 is 17.3 Å². The second kappa shape index (κ2) is 7.85. The molecule has 0 spiro atoms. The molecule has 0 bridgehead atoms. The Balaban J connectivity index is 2.06. The van der Waals surface area contributed by atoms with E-state index >= 15 is 0 Å². The van der Waals surface area contributed by atoms with Gasteiger partial charge >= 0.3 is 0 Å². The second-order valence-corrected chi connectivity index (χ2v) is 6.01. The minimum absolute atomic E-state index is 0.0575. The second-order valence-electron chi connectivity index (χ2n) is 6.01. The number of hydrogen-bond donors (Lipinski definition) is 1. The number of aryl methyl sites for hydroxylation is 1. The van der Waals surface area contributed by atoms with Crippen LogP contribution in [-0.2, 0) is 11.3 Å². The summed E-state index contributed by atoms with van der Waals surface area (Å²) in [5.41, 5.74) is 2.50. The molecule has 0 atom stereocenters. The third-order valence-electron chi connectivity index (χ3n) is 3.95. The average Bonchev–Trinajstić information content (AvgIpc) is 2.53. The molecule has 0 unspecified atom stereocenters. The van der Waals surface area contributed by atoms with E-state index in [9.17, 15) is 19.3 Å². The molecule has 0 saturated carbocycles. The molecular formula is C18H20FN3O3. The third kappa shape index (κ3) is 4.84. The minimum Gasteiger partial charge on any atom is -0.319 e. The fourth-order valence-electron chi connectivity index (χ4n) is 2.49. The molecule has 0 aliphatic heterocycles. The first-order chi connectivity index (χ1) is 11.8. The molecule has 0 aromatic heterocycles. The highest BCUT2D eigenvalue weighted by atomic mass is 19.1. The van der Waals surface area contributed by atoms with E-state index in [4.69, 9.17) is 0 Å². The smallest absolute Gasteiger partial charge is 0.293 e. The van der Waals surface area contributed by atoms with Gasteiger partial charge in [-0.2, -0.15) is 0 Å². The van der Waals surface area contributed by atoms with E-state index in [2.05, 4.69) is 5.32 Å². The van der Waals surface area contributed by atoms with Gasteiger partial charge < -0.3 is 5.32 Å². The van der Waals surface area contributed by atoms with Crippen molar-refractivity contribution in [3.05, 3.63) is 69.0 Å². The van der Waals surface area contributed by atoms with Gasteiger partial charge in [0.2, 0.25) is 5.91 Å². The molecule has 132 valence electrons. The van der Waals surface area contributed by atoms with Crippen LogP contribution in [0.5, 0.6) is 0 Å². The summed E-state index contributed by atoms with van der Waals surface area (Å²) in [6.45, 7) is 4.08. The maximum atomic E-state index is 12.9. The Bertz CT molecular complexity index is 791. The Morgan fingerprint density at radius 1 is 1.20 bits per heavy atom. The number of halogens is 1. The Hall–Kier alpha value is -2.80. The fraction of sp³-hybridized carbons (Fsp3) is 0.278. The summed E-state index contributed by atoms with van der Waals surface area (Å²) in [5, 5.41) is 13.8. The number of rotatable bonds is 6. The van der Waals surface area contributed by atoms with E-state index < -0.39 is 4.92 Å². The van der Waals surface area contributed by atoms with Crippen LogP contribution in [0.3, 0.4) is 0 Å². The van der Waals surface area contributed by atoms with Crippen molar-refractivity contribution in [2.45, 2.75) is 20.4 Å². The molecule has 0 radical (unpaired) electrons. The van der Waals surface area contributed by atoms with Gasteiger partial charge in [0.1, 0.15) is 11.5 Å². The minimum atomic E-state index is -0.510. The molecule has 1 amide bonds. The van der Waals surface area contributed by atoms with Crippen LogP contribution in [0.1, 0.15) is 16.7 Å². The van der Waals surface area contributed by atoms with Crippen LogP contribution >= 0.6 is 0 Å². The number of nitrogens with one attached hydrogen (secondary N) is 1. The van der Waals surface area contributed by atoms with Gasteiger partial charge in [-0.15, -0.1) is 0 Å². The quantitative estimate of drug-likeness (QED) is 0.643. The van der Waals surface area contributed by atoms with Gasteiger partial charge in [0.05, 0.1) is 11.5 Å². The summed E-state index contributed by atoms with van der Waals surface area (Å²) in [6.07, 6.45) is 0. The molecule has 2 aromatic carbocycles. The summed E-state index contributed by atoms with van der Waals surface area (Å²) in [7, 11) is 1.75. The van der Waals surface area contributed by atoms with Gasteiger partial charge in [-0.05, 0) is 49.7 Å². The van der Waals surface area contributed by atoms with Gasteiger partial charge in [0.15, 0.2) is 0 Å². The summed E-state index contributed by atoms with van der Waals surface area (Å²) >= 11 is 0. The maximum absolute atomic E-state index is 12.9. The van der Waals surface area contributed by atoms with Crippen molar-refractivity contribution in [3.63, 3.8) is 0 Å². The van der Waals surface area contributed by atoms with Gasteiger partial charge in [-0.25, -0.2) is 4.39 Å². The van der Waals surface area contributed by atoms with Gasteiger partial charge in [-0.1, -0.05) is 18.2 Å². The summed E-state index contributed by atoms with van der Waals surface area (Å²) < 4.78 is 12.9. The zero-order valence-electron chi connectivity index (χ0n) is 14.4. The maximum Gasteiger partial charge on any atom is 0.293 e. The molecule has 2 rings (SSSR count). The Morgan fingerprint density at radius 3 is 2.44 bits per heavy atom. The molecule has 0 aliphatic rings. The van der Waals surface area contributed by atoms with E-state index in [-0.39, 0.29) is 29.6 Å². The zero-order chi connectivity index (χ0) is 18.6. The molecule has 25 heavy (non-hydrogen) atoms. The summed E-state index contributed by atoms with van der Waals surface area (Å²) in [5.74, 6) is -0.659. The predicted octanol–water partition coefficient (Wildman–Crippen LogP) is 3.42. The first kappa shape index (κ1) is 18.5. The van der Waals surface area contributed by atoms with Crippen LogP contribution in [0.15, 0.2) is 36.4 Å². The molecular weight excluding hydrogens is 325 g/mol. The van der Waals surface area contributed by atoms with Crippen molar-refractivity contribution < 1.29 is 14.1 Å². The summed E-state index contributed by atoms with van der Waals surface area (Å²) in [4.78, 5) is 24.7. The lowest BCUT2D eigenvalue weighted by molar-refractivity contribution is -0.384. The van der Waals surface area contributed by atoms with Crippen molar-refractivity contribution in [1.29, 1.82) is 0 Å². The molecule has 1 N–H and O–H groups in total. The van der Waals surface area contributed by atoms with E-state index in [0.29, 0.717) is 12.1 Å². The SMILES string of the molecule is Cc1ccc([N+](=O)[O-])c(NC(=O)CN(C)Cc2ccc(F)cc2)c1C. The van der Waals surface area contributed by atoms with Crippen molar-refractivity contribution in [1.82, 2.24) is 4.90 Å². The Morgan fingerprint density at radius 2 is 1.84 bits per heavy atom. The largest absolute Gasteiger partial charge is 0.319 e. The number of anilines is 1. The number of nitro groups is 1.